The number of hydrogen-bond acceptors (Lipinski definition) is 1. The molecule has 1 heterocycles. The van der Waals surface area contributed by atoms with Crippen LogP contribution in [0, 0.1) is 5.82 Å². The van der Waals surface area contributed by atoms with Crippen LogP contribution in [-0.2, 0) is 12.0 Å². The van der Waals surface area contributed by atoms with E-state index in [0.717, 1.165) is 28.0 Å². The molecule has 0 atom stereocenters. The number of fused-ring (bicyclic) bond motifs is 1. The van der Waals surface area contributed by atoms with E-state index in [2.05, 4.69) is 55.7 Å². The minimum atomic E-state index is -0.215. The second kappa shape index (κ2) is 6.66. The summed E-state index contributed by atoms with van der Waals surface area (Å²) in [6.07, 6.45) is 0. The Morgan fingerprint density at radius 2 is 1.63 bits per heavy atom. The highest BCUT2D eigenvalue weighted by molar-refractivity contribution is 5.80. The first-order valence-corrected chi connectivity index (χ1v) is 9.22. The second-order valence-corrected chi connectivity index (χ2v) is 7.97. The number of benzene rings is 3. The fourth-order valence-electron chi connectivity index (χ4n) is 3.39. The molecular weight excluding hydrogens is 335 g/mol. The van der Waals surface area contributed by atoms with Crippen LogP contribution in [0.1, 0.15) is 31.9 Å². The molecule has 0 unspecified atom stereocenters. The molecule has 1 aromatic heterocycles. The first-order chi connectivity index (χ1) is 12.9. The van der Waals surface area contributed by atoms with Gasteiger partial charge in [0.15, 0.2) is 0 Å². The zero-order valence-electron chi connectivity index (χ0n) is 15.9. The van der Waals surface area contributed by atoms with Crippen molar-refractivity contribution in [2.24, 2.45) is 0 Å². The van der Waals surface area contributed by atoms with E-state index in [0.29, 0.717) is 6.54 Å². The third kappa shape index (κ3) is 3.50. The SMILES string of the molecule is CC(C)(C)c1ccc(-c2nc3ccccc3n2Cc2cccc(F)c2)cc1. The summed E-state index contributed by atoms with van der Waals surface area (Å²) in [5.41, 5.74) is 5.39. The van der Waals surface area contributed by atoms with E-state index >= 15 is 0 Å². The van der Waals surface area contributed by atoms with Gasteiger partial charge in [-0.2, -0.15) is 0 Å². The van der Waals surface area contributed by atoms with Crippen LogP contribution in [0.15, 0.2) is 72.8 Å². The smallest absolute Gasteiger partial charge is 0.141 e. The Kier molecular flexibility index (Phi) is 4.31. The van der Waals surface area contributed by atoms with E-state index < -0.39 is 0 Å². The molecule has 27 heavy (non-hydrogen) atoms. The average molecular weight is 358 g/mol. The first-order valence-electron chi connectivity index (χ1n) is 9.22. The summed E-state index contributed by atoms with van der Waals surface area (Å²) < 4.78 is 15.8. The highest BCUT2D eigenvalue weighted by Gasteiger charge is 2.16. The van der Waals surface area contributed by atoms with Gasteiger partial charge >= 0.3 is 0 Å². The summed E-state index contributed by atoms with van der Waals surface area (Å²) in [7, 11) is 0. The van der Waals surface area contributed by atoms with Gasteiger partial charge in [0.25, 0.3) is 0 Å². The molecule has 0 fully saturated rings. The minimum absolute atomic E-state index is 0.111. The van der Waals surface area contributed by atoms with Crippen molar-refractivity contribution in [3.8, 4) is 11.4 Å². The molecule has 0 amide bonds. The van der Waals surface area contributed by atoms with Gasteiger partial charge in [0.2, 0.25) is 0 Å². The van der Waals surface area contributed by atoms with E-state index in [-0.39, 0.29) is 11.2 Å². The highest BCUT2D eigenvalue weighted by Crippen LogP contribution is 2.29. The van der Waals surface area contributed by atoms with Gasteiger partial charge in [0.1, 0.15) is 11.6 Å². The number of hydrogen-bond donors (Lipinski definition) is 0. The number of imidazole rings is 1. The van der Waals surface area contributed by atoms with Crippen LogP contribution in [0.5, 0.6) is 0 Å². The maximum absolute atomic E-state index is 13.7. The van der Waals surface area contributed by atoms with Crippen molar-refractivity contribution in [3.63, 3.8) is 0 Å². The summed E-state index contributed by atoms with van der Waals surface area (Å²) in [4.78, 5) is 4.86. The molecule has 0 aliphatic carbocycles. The molecular formula is C24H23FN2. The maximum Gasteiger partial charge on any atom is 0.141 e. The fraction of sp³-hybridized carbons (Fsp3) is 0.208. The molecule has 0 saturated carbocycles. The maximum atomic E-state index is 13.7. The monoisotopic (exact) mass is 358 g/mol. The van der Waals surface area contributed by atoms with E-state index in [1.165, 1.54) is 11.6 Å². The number of halogens is 1. The van der Waals surface area contributed by atoms with Gasteiger partial charge in [-0.05, 0) is 40.8 Å². The predicted molar refractivity (Wildman–Crippen MR) is 109 cm³/mol. The van der Waals surface area contributed by atoms with Crippen LogP contribution in [-0.4, -0.2) is 9.55 Å². The molecule has 0 aliphatic heterocycles. The van der Waals surface area contributed by atoms with E-state index in [1.807, 2.05) is 24.3 Å². The Hall–Kier alpha value is -2.94. The van der Waals surface area contributed by atoms with Gasteiger partial charge in [-0.3, -0.25) is 0 Å². The van der Waals surface area contributed by atoms with Crippen LogP contribution < -0.4 is 0 Å². The summed E-state index contributed by atoms with van der Waals surface area (Å²) in [6, 6.07) is 23.4. The third-order valence-electron chi connectivity index (χ3n) is 4.89. The van der Waals surface area contributed by atoms with Crippen molar-refractivity contribution in [1.82, 2.24) is 9.55 Å². The average Bonchev–Trinajstić information content (AvgIpc) is 3.00. The Bertz CT molecular complexity index is 1090. The number of para-hydroxylation sites is 2. The van der Waals surface area contributed by atoms with Gasteiger partial charge in [-0.15, -0.1) is 0 Å². The summed E-state index contributed by atoms with van der Waals surface area (Å²) >= 11 is 0. The first kappa shape index (κ1) is 17.5. The molecule has 136 valence electrons. The van der Waals surface area contributed by atoms with E-state index in [1.54, 1.807) is 12.1 Å². The zero-order valence-corrected chi connectivity index (χ0v) is 15.9. The lowest BCUT2D eigenvalue weighted by atomic mass is 9.87. The molecule has 2 nitrogen and oxygen atoms in total. The lowest BCUT2D eigenvalue weighted by molar-refractivity contribution is 0.590. The van der Waals surface area contributed by atoms with Crippen LogP contribution in [0.2, 0.25) is 0 Å². The number of nitrogens with zero attached hydrogens (tertiary/aromatic N) is 2. The highest BCUT2D eigenvalue weighted by atomic mass is 19.1. The van der Waals surface area contributed by atoms with Crippen molar-refractivity contribution < 1.29 is 4.39 Å². The predicted octanol–water partition coefficient (Wildman–Crippen LogP) is 6.19. The van der Waals surface area contributed by atoms with Crippen molar-refractivity contribution in [1.29, 1.82) is 0 Å². The van der Waals surface area contributed by atoms with E-state index in [4.69, 9.17) is 4.98 Å². The molecule has 4 aromatic rings. The Balaban J connectivity index is 1.83. The summed E-state index contributed by atoms with van der Waals surface area (Å²) in [6.45, 7) is 7.21. The fourth-order valence-corrected chi connectivity index (χ4v) is 3.39. The van der Waals surface area contributed by atoms with Gasteiger partial charge in [0.05, 0.1) is 11.0 Å². The standard InChI is InChI=1S/C24H23FN2/c1-24(2,3)19-13-11-18(12-14-19)23-26-21-9-4-5-10-22(21)27(23)16-17-7-6-8-20(25)15-17/h4-15H,16H2,1-3H3. The zero-order chi connectivity index (χ0) is 19.0. The van der Waals surface area contributed by atoms with Crippen LogP contribution in [0.4, 0.5) is 4.39 Å². The molecule has 0 N–H and O–H groups in total. The second-order valence-electron chi connectivity index (χ2n) is 7.97. The normalized spacial score (nSPS) is 11.9. The molecule has 3 heteroatoms. The van der Waals surface area contributed by atoms with Crippen molar-refractivity contribution >= 4 is 11.0 Å². The lowest BCUT2D eigenvalue weighted by Crippen LogP contribution is -2.10. The lowest BCUT2D eigenvalue weighted by Gasteiger charge is -2.19. The minimum Gasteiger partial charge on any atom is -0.319 e. The Labute approximate surface area is 159 Å². The van der Waals surface area contributed by atoms with Gasteiger partial charge in [0, 0.05) is 12.1 Å². The molecule has 0 saturated heterocycles. The van der Waals surface area contributed by atoms with Gasteiger partial charge in [-0.1, -0.05) is 69.3 Å². The number of aromatic nitrogens is 2. The van der Waals surface area contributed by atoms with Crippen molar-refractivity contribution in [3.05, 3.63) is 89.7 Å². The van der Waals surface area contributed by atoms with E-state index in [9.17, 15) is 4.39 Å². The molecule has 0 radical (unpaired) electrons. The summed E-state index contributed by atoms with van der Waals surface area (Å²) in [5.74, 6) is 0.689. The quantitative estimate of drug-likeness (QED) is 0.427. The molecule has 0 aliphatic rings. The molecule has 0 spiro atoms. The van der Waals surface area contributed by atoms with Gasteiger partial charge in [-0.25, -0.2) is 9.37 Å². The van der Waals surface area contributed by atoms with Crippen molar-refractivity contribution in [2.45, 2.75) is 32.7 Å². The molecule has 4 rings (SSSR count). The van der Waals surface area contributed by atoms with Crippen LogP contribution in [0.3, 0.4) is 0 Å². The van der Waals surface area contributed by atoms with Crippen LogP contribution >= 0.6 is 0 Å². The number of rotatable bonds is 3. The Morgan fingerprint density at radius 3 is 2.33 bits per heavy atom. The van der Waals surface area contributed by atoms with Crippen LogP contribution in [0.25, 0.3) is 22.4 Å². The topological polar surface area (TPSA) is 17.8 Å². The molecule has 3 aromatic carbocycles. The Morgan fingerprint density at radius 1 is 0.889 bits per heavy atom. The van der Waals surface area contributed by atoms with Gasteiger partial charge < -0.3 is 4.57 Å². The van der Waals surface area contributed by atoms with Crippen molar-refractivity contribution in [2.75, 3.05) is 0 Å². The third-order valence-corrected chi connectivity index (χ3v) is 4.89. The molecule has 0 bridgehead atoms. The summed E-state index contributed by atoms with van der Waals surface area (Å²) in [5, 5.41) is 0. The largest absolute Gasteiger partial charge is 0.319 e.